The van der Waals surface area contributed by atoms with E-state index >= 15 is 0 Å². The third kappa shape index (κ3) is 4.25. The summed E-state index contributed by atoms with van der Waals surface area (Å²) in [5, 5.41) is 6.75. The van der Waals surface area contributed by atoms with Crippen molar-refractivity contribution in [3.8, 4) is 11.1 Å². The molecule has 0 aliphatic rings. The highest BCUT2D eigenvalue weighted by Crippen LogP contribution is 2.37. The molecule has 2 aromatic carbocycles. The van der Waals surface area contributed by atoms with Gasteiger partial charge in [0.05, 0.1) is 5.39 Å². The summed E-state index contributed by atoms with van der Waals surface area (Å²) in [5.74, 6) is 1.35. The lowest BCUT2D eigenvalue weighted by molar-refractivity contribution is 0.867. The van der Waals surface area contributed by atoms with Crippen molar-refractivity contribution in [3.05, 3.63) is 101 Å². The molecule has 0 bridgehead atoms. The quantitative estimate of drug-likeness (QED) is 0.305. The molecule has 1 N–H and O–H groups in total. The maximum atomic E-state index is 4.57. The SMILES string of the molecule is CC(C)c1ccc(-c2csc3ncnc(Nc4ccc(Cc5ccncc5)cc4)c23)cc1. The van der Waals surface area contributed by atoms with Crippen LogP contribution in [0.5, 0.6) is 0 Å². The number of thiophene rings is 1. The van der Waals surface area contributed by atoms with Crippen molar-refractivity contribution in [2.75, 3.05) is 5.32 Å². The maximum Gasteiger partial charge on any atom is 0.143 e. The van der Waals surface area contributed by atoms with Gasteiger partial charge < -0.3 is 5.32 Å². The minimum atomic E-state index is 0.519. The number of rotatable bonds is 6. The number of aromatic nitrogens is 3. The van der Waals surface area contributed by atoms with Crippen LogP contribution in [-0.2, 0) is 6.42 Å². The van der Waals surface area contributed by atoms with Gasteiger partial charge in [0.25, 0.3) is 0 Å². The first-order valence-electron chi connectivity index (χ1n) is 10.7. The predicted molar refractivity (Wildman–Crippen MR) is 134 cm³/mol. The van der Waals surface area contributed by atoms with Gasteiger partial charge in [0.15, 0.2) is 0 Å². The van der Waals surface area contributed by atoms with Crippen molar-refractivity contribution in [1.82, 2.24) is 15.0 Å². The second-order valence-electron chi connectivity index (χ2n) is 8.18. The van der Waals surface area contributed by atoms with Gasteiger partial charge in [-0.1, -0.05) is 50.2 Å². The molecular formula is C27H24N4S. The average Bonchev–Trinajstić information content (AvgIpc) is 3.26. The Morgan fingerprint density at radius 2 is 1.56 bits per heavy atom. The summed E-state index contributed by atoms with van der Waals surface area (Å²) in [6, 6.07) is 21.4. The normalized spacial score (nSPS) is 11.2. The molecule has 3 heterocycles. The lowest BCUT2D eigenvalue weighted by Gasteiger charge is -2.10. The second-order valence-corrected chi connectivity index (χ2v) is 9.04. The molecule has 32 heavy (non-hydrogen) atoms. The van der Waals surface area contributed by atoms with E-state index in [4.69, 9.17) is 0 Å². The molecule has 0 spiro atoms. The molecule has 0 fully saturated rings. The highest BCUT2D eigenvalue weighted by molar-refractivity contribution is 7.17. The van der Waals surface area contributed by atoms with Crippen LogP contribution in [0.1, 0.15) is 36.5 Å². The Hall–Kier alpha value is -3.57. The van der Waals surface area contributed by atoms with Gasteiger partial charge in [0, 0.05) is 29.0 Å². The Labute approximate surface area is 192 Å². The summed E-state index contributed by atoms with van der Waals surface area (Å²) in [6.07, 6.45) is 6.19. The molecule has 0 atom stereocenters. The van der Waals surface area contributed by atoms with Crippen molar-refractivity contribution in [2.24, 2.45) is 0 Å². The lowest BCUT2D eigenvalue weighted by Crippen LogP contribution is -1.96. The summed E-state index contributed by atoms with van der Waals surface area (Å²) in [6.45, 7) is 4.43. The highest BCUT2D eigenvalue weighted by atomic mass is 32.1. The zero-order valence-corrected chi connectivity index (χ0v) is 18.9. The summed E-state index contributed by atoms with van der Waals surface area (Å²) >= 11 is 1.65. The Morgan fingerprint density at radius 1 is 0.844 bits per heavy atom. The van der Waals surface area contributed by atoms with Crippen molar-refractivity contribution in [2.45, 2.75) is 26.2 Å². The molecule has 0 aliphatic heterocycles. The molecule has 4 nitrogen and oxygen atoms in total. The van der Waals surface area contributed by atoms with Gasteiger partial charge in [-0.15, -0.1) is 11.3 Å². The van der Waals surface area contributed by atoms with Crippen LogP contribution < -0.4 is 5.32 Å². The van der Waals surface area contributed by atoms with Gasteiger partial charge in [0.1, 0.15) is 17.0 Å². The van der Waals surface area contributed by atoms with E-state index in [1.165, 1.54) is 22.3 Å². The zero-order chi connectivity index (χ0) is 21.9. The van der Waals surface area contributed by atoms with Crippen LogP contribution in [0.4, 0.5) is 11.5 Å². The maximum absolute atomic E-state index is 4.57. The van der Waals surface area contributed by atoms with E-state index in [1.54, 1.807) is 17.7 Å². The van der Waals surface area contributed by atoms with Crippen LogP contribution in [0.2, 0.25) is 0 Å². The fraction of sp³-hybridized carbons (Fsp3) is 0.148. The smallest absolute Gasteiger partial charge is 0.143 e. The molecule has 0 aliphatic carbocycles. The lowest BCUT2D eigenvalue weighted by atomic mass is 9.99. The third-order valence-corrected chi connectivity index (χ3v) is 6.52. The van der Waals surface area contributed by atoms with E-state index in [-0.39, 0.29) is 0 Å². The predicted octanol–water partition coefficient (Wildman–Crippen LogP) is 7.21. The number of pyridine rings is 1. The first-order chi connectivity index (χ1) is 15.7. The highest BCUT2D eigenvalue weighted by Gasteiger charge is 2.14. The average molecular weight is 437 g/mol. The number of nitrogens with zero attached hydrogens (tertiary/aromatic N) is 3. The van der Waals surface area contributed by atoms with Crippen LogP contribution in [-0.4, -0.2) is 15.0 Å². The molecule has 158 valence electrons. The fourth-order valence-corrected chi connectivity index (χ4v) is 4.72. The molecule has 0 saturated heterocycles. The van der Waals surface area contributed by atoms with E-state index in [9.17, 15) is 0 Å². The molecule has 5 aromatic rings. The van der Waals surface area contributed by atoms with E-state index in [0.29, 0.717) is 5.92 Å². The topological polar surface area (TPSA) is 50.7 Å². The molecule has 0 radical (unpaired) electrons. The molecule has 5 heteroatoms. The van der Waals surface area contributed by atoms with Crippen LogP contribution >= 0.6 is 11.3 Å². The van der Waals surface area contributed by atoms with Crippen molar-refractivity contribution in [1.29, 1.82) is 0 Å². The first kappa shape index (κ1) is 20.3. The van der Waals surface area contributed by atoms with Gasteiger partial charge in [-0.3, -0.25) is 4.98 Å². The van der Waals surface area contributed by atoms with Crippen molar-refractivity contribution in [3.63, 3.8) is 0 Å². The van der Waals surface area contributed by atoms with E-state index in [1.807, 2.05) is 12.4 Å². The van der Waals surface area contributed by atoms with Gasteiger partial charge in [-0.05, 0) is 58.9 Å². The molecular weight excluding hydrogens is 412 g/mol. The summed E-state index contributed by atoms with van der Waals surface area (Å²) in [5.41, 5.74) is 7.22. The van der Waals surface area contributed by atoms with Crippen molar-refractivity contribution >= 4 is 33.1 Å². The van der Waals surface area contributed by atoms with Crippen LogP contribution in [0.15, 0.2) is 84.8 Å². The molecule has 0 unspecified atom stereocenters. The molecule has 0 amide bonds. The Balaban J connectivity index is 1.43. The number of hydrogen-bond donors (Lipinski definition) is 1. The van der Waals surface area contributed by atoms with Gasteiger partial charge in [0.2, 0.25) is 0 Å². The van der Waals surface area contributed by atoms with Gasteiger partial charge in [-0.25, -0.2) is 9.97 Å². The molecule has 5 rings (SSSR count). The van der Waals surface area contributed by atoms with Crippen LogP contribution in [0.3, 0.4) is 0 Å². The Morgan fingerprint density at radius 3 is 2.28 bits per heavy atom. The summed E-state index contributed by atoms with van der Waals surface area (Å²) < 4.78 is 0. The minimum absolute atomic E-state index is 0.519. The Kier molecular flexibility index (Phi) is 5.65. The Bertz CT molecular complexity index is 1320. The van der Waals surface area contributed by atoms with Crippen molar-refractivity contribution < 1.29 is 0 Å². The number of hydrogen-bond acceptors (Lipinski definition) is 5. The second kappa shape index (κ2) is 8.89. The molecule has 3 aromatic heterocycles. The number of anilines is 2. The monoisotopic (exact) mass is 436 g/mol. The van der Waals surface area contributed by atoms with Crippen LogP contribution in [0, 0.1) is 0 Å². The van der Waals surface area contributed by atoms with E-state index < -0.39 is 0 Å². The van der Waals surface area contributed by atoms with Crippen LogP contribution in [0.25, 0.3) is 21.3 Å². The first-order valence-corrected chi connectivity index (χ1v) is 11.6. The number of nitrogens with one attached hydrogen (secondary N) is 1. The summed E-state index contributed by atoms with van der Waals surface area (Å²) in [4.78, 5) is 14.1. The van der Waals surface area contributed by atoms with Gasteiger partial charge in [-0.2, -0.15) is 0 Å². The number of benzene rings is 2. The minimum Gasteiger partial charge on any atom is -0.340 e. The fourth-order valence-electron chi connectivity index (χ4n) is 3.81. The zero-order valence-electron chi connectivity index (χ0n) is 18.1. The summed E-state index contributed by atoms with van der Waals surface area (Å²) in [7, 11) is 0. The van der Waals surface area contributed by atoms with Gasteiger partial charge >= 0.3 is 0 Å². The standard InChI is InChI=1S/C27H24N4S/c1-18(2)21-5-7-22(8-6-21)24-16-32-27-25(24)26(29-17-30-27)31-23-9-3-19(4-10-23)15-20-11-13-28-14-12-20/h3-14,16-18H,15H2,1-2H3,(H,29,30,31). The number of fused-ring (bicyclic) bond motifs is 1. The molecule has 0 saturated carbocycles. The van der Waals surface area contributed by atoms with E-state index in [0.717, 1.165) is 33.7 Å². The largest absolute Gasteiger partial charge is 0.340 e. The van der Waals surface area contributed by atoms with E-state index in [2.05, 4.69) is 100 Å². The third-order valence-electron chi connectivity index (χ3n) is 5.63.